The van der Waals surface area contributed by atoms with Gasteiger partial charge in [-0.2, -0.15) is 11.8 Å². The number of amides is 1. The molecule has 1 saturated carbocycles. The normalized spacial score (nSPS) is 39.3. The number of carboxylic acid groups (broad SMARTS) is 1. The summed E-state index contributed by atoms with van der Waals surface area (Å²) in [4.78, 5) is 25.9. The number of aliphatic carboxylic acids is 1. The fourth-order valence-electron chi connectivity index (χ4n) is 3.29. The molecule has 0 bridgehead atoms. The Kier molecular flexibility index (Phi) is 4.43. The number of hydrogen-bond acceptors (Lipinski definition) is 3. The monoisotopic (exact) mass is 285 g/mol. The van der Waals surface area contributed by atoms with E-state index in [0.717, 1.165) is 18.7 Å². The molecule has 0 aromatic carbocycles. The Labute approximate surface area is 118 Å². The molecule has 4 nitrogen and oxygen atoms in total. The van der Waals surface area contributed by atoms with E-state index in [1.54, 1.807) is 0 Å². The van der Waals surface area contributed by atoms with Crippen molar-refractivity contribution >= 4 is 23.6 Å². The second kappa shape index (κ2) is 5.73. The predicted molar refractivity (Wildman–Crippen MR) is 76.1 cm³/mol. The first-order valence-corrected chi connectivity index (χ1v) is 8.11. The average Bonchev–Trinajstić information content (AvgIpc) is 2.74. The minimum absolute atomic E-state index is 0.0661. The van der Waals surface area contributed by atoms with Gasteiger partial charge in [-0.05, 0) is 25.7 Å². The number of carboxylic acids is 1. The highest BCUT2D eigenvalue weighted by atomic mass is 32.2. The van der Waals surface area contributed by atoms with Crippen LogP contribution in [0, 0.1) is 17.8 Å². The Hall–Kier alpha value is -0.710. The van der Waals surface area contributed by atoms with Gasteiger partial charge in [-0.25, -0.2) is 0 Å². The van der Waals surface area contributed by atoms with Crippen LogP contribution in [0.2, 0.25) is 0 Å². The van der Waals surface area contributed by atoms with Gasteiger partial charge in [0.05, 0.1) is 11.8 Å². The van der Waals surface area contributed by atoms with Gasteiger partial charge in [0.15, 0.2) is 0 Å². The highest BCUT2D eigenvalue weighted by molar-refractivity contribution is 8.00. The van der Waals surface area contributed by atoms with E-state index in [1.807, 2.05) is 23.6 Å². The van der Waals surface area contributed by atoms with Crippen molar-refractivity contribution in [2.45, 2.75) is 44.9 Å². The van der Waals surface area contributed by atoms with Crippen LogP contribution >= 0.6 is 11.8 Å². The molecule has 1 amide bonds. The minimum atomic E-state index is -0.810. The van der Waals surface area contributed by atoms with Crippen molar-refractivity contribution in [2.75, 3.05) is 12.3 Å². The Bertz CT molecular complexity index is 374. The summed E-state index contributed by atoms with van der Waals surface area (Å²) in [5, 5.41) is 9.72. The molecule has 19 heavy (non-hydrogen) atoms. The van der Waals surface area contributed by atoms with Gasteiger partial charge in [-0.1, -0.05) is 13.8 Å². The molecular formula is C14H23NO3S. The maximum absolute atomic E-state index is 12.7. The molecule has 108 valence electrons. The zero-order valence-corrected chi connectivity index (χ0v) is 12.7. The number of thioether (sulfide) groups is 1. The number of nitrogens with zero attached hydrogens (tertiary/aromatic N) is 1. The molecule has 1 saturated heterocycles. The Morgan fingerprint density at radius 2 is 1.79 bits per heavy atom. The number of hydrogen-bond donors (Lipinski definition) is 1. The molecule has 0 aromatic rings. The summed E-state index contributed by atoms with van der Waals surface area (Å²) < 4.78 is 0. The molecule has 0 radical (unpaired) electrons. The van der Waals surface area contributed by atoms with E-state index in [9.17, 15) is 14.7 Å². The highest BCUT2D eigenvalue weighted by Gasteiger charge is 2.44. The molecule has 2 rings (SSSR count). The summed E-state index contributed by atoms with van der Waals surface area (Å²) in [6.07, 6.45) is 1.36. The molecule has 1 heterocycles. The molecular weight excluding hydrogens is 262 g/mol. The first kappa shape index (κ1) is 14.7. The Morgan fingerprint density at radius 3 is 2.42 bits per heavy atom. The van der Waals surface area contributed by atoms with Crippen LogP contribution in [-0.2, 0) is 9.59 Å². The van der Waals surface area contributed by atoms with E-state index in [0.29, 0.717) is 17.6 Å². The van der Waals surface area contributed by atoms with Gasteiger partial charge in [0.25, 0.3) is 0 Å². The Balaban J connectivity index is 2.11. The summed E-state index contributed by atoms with van der Waals surface area (Å²) in [6, 6.07) is 0.205. The van der Waals surface area contributed by atoms with Crippen molar-refractivity contribution in [2.24, 2.45) is 17.8 Å². The van der Waals surface area contributed by atoms with Crippen molar-refractivity contribution in [3.8, 4) is 0 Å². The molecule has 0 aromatic heterocycles. The zero-order valence-electron chi connectivity index (χ0n) is 11.8. The highest BCUT2D eigenvalue weighted by Crippen LogP contribution is 2.38. The van der Waals surface area contributed by atoms with Crippen molar-refractivity contribution in [1.29, 1.82) is 0 Å². The predicted octanol–water partition coefficient (Wildman–Crippen LogP) is 2.09. The number of carbonyl (C=O) groups excluding carboxylic acids is 1. The standard InChI is InChI=1S/C14H23NO3S/c1-8-6-11(12(7-8)14(17)18)13(16)15-4-5-19-10(3)9(15)2/h8-12H,4-7H2,1-3H3,(H,17,18)/t8?,9?,10?,11-,12+/m0/s1. The van der Waals surface area contributed by atoms with Gasteiger partial charge in [0.2, 0.25) is 5.91 Å². The maximum Gasteiger partial charge on any atom is 0.307 e. The molecule has 2 fully saturated rings. The molecule has 5 heteroatoms. The quantitative estimate of drug-likeness (QED) is 0.844. The first-order valence-electron chi connectivity index (χ1n) is 7.06. The molecule has 1 N–H and O–H groups in total. The van der Waals surface area contributed by atoms with Crippen molar-refractivity contribution in [3.05, 3.63) is 0 Å². The fourth-order valence-corrected chi connectivity index (χ4v) is 4.39. The third-order valence-electron chi connectivity index (χ3n) is 4.60. The summed E-state index contributed by atoms with van der Waals surface area (Å²) in [7, 11) is 0. The van der Waals surface area contributed by atoms with Gasteiger partial charge in [0, 0.05) is 23.6 Å². The lowest BCUT2D eigenvalue weighted by Crippen LogP contribution is -2.51. The number of rotatable bonds is 2. The second-order valence-corrected chi connectivity index (χ2v) is 7.46. The van der Waals surface area contributed by atoms with Crippen LogP contribution < -0.4 is 0 Å². The lowest BCUT2D eigenvalue weighted by Gasteiger charge is -2.39. The van der Waals surface area contributed by atoms with Gasteiger partial charge in [0.1, 0.15) is 0 Å². The van der Waals surface area contributed by atoms with Crippen LogP contribution in [0.1, 0.15) is 33.6 Å². The summed E-state index contributed by atoms with van der Waals surface area (Å²) >= 11 is 1.89. The van der Waals surface area contributed by atoms with Crippen LogP contribution in [0.25, 0.3) is 0 Å². The van der Waals surface area contributed by atoms with E-state index < -0.39 is 11.9 Å². The molecule has 2 aliphatic rings. The van der Waals surface area contributed by atoms with Crippen LogP contribution in [-0.4, -0.2) is 45.5 Å². The van der Waals surface area contributed by atoms with E-state index in [-0.39, 0.29) is 17.9 Å². The van der Waals surface area contributed by atoms with Crippen LogP contribution in [0.5, 0.6) is 0 Å². The lowest BCUT2D eigenvalue weighted by molar-refractivity contribution is -0.149. The molecule has 3 unspecified atom stereocenters. The van der Waals surface area contributed by atoms with E-state index in [2.05, 4.69) is 13.8 Å². The molecule has 5 atom stereocenters. The van der Waals surface area contributed by atoms with Gasteiger partial charge in [-0.15, -0.1) is 0 Å². The van der Waals surface area contributed by atoms with E-state index >= 15 is 0 Å². The van der Waals surface area contributed by atoms with Crippen molar-refractivity contribution in [3.63, 3.8) is 0 Å². The third-order valence-corrected chi connectivity index (χ3v) is 5.94. The van der Waals surface area contributed by atoms with Crippen molar-refractivity contribution < 1.29 is 14.7 Å². The lowest BCUT2D eigenvalue weighted by atomic mass is 9.94. The smallest absolute Gasteiger partial charge is 0.307 e. The van der Waals surface area contributed by atoms with Crippen LogP contribution in [0.3, 0.4) is 0 Å². The van der Waals surface area contributed by atoms with Crippen LogP contribution in [0.15, 0.2) is 0 Å². The molecule has 1 aliphatic heterocycles. The van der Waals surface area contributed by atoms with E-state index in [4.69, 9.17) is 0 Å². The summed E-state index contributed by atoms with van der Waals surface area (Å²) in [5.41, 5.74) is 0. The third kappa shape index (κ3) is 2.91. The topological polar surface area (TPSA) is 57.6 Å². The second-order valence-electron chi connectivity index (χ2n) is 5.98. The zero-order chi connectivity index (χ0) is 14.2. The van der Waals surface area contributed by atoms with E-state index in [1.165, 1.54) is 0 Å². The SMILES string of the molecule is CC1C[C@H](C(=O)N2CCSC(C)C2C)[C@H](C(=O)O)C1. The Morgan fingerprint density at radius 1 is 1.16 bits per heavy atom. The average molecular weight is 285 g/mol. The minimum Gasteiger partial charge on any atom is -0.481 e. The molecule has 1 aliphatic carbocycles. The molecule has 0 spiro atoms. The maximum atomic E-state index is 12.7. The van der Waals surface area contributed by atoms with Gasteiger partial charge >= 0.3 is 5.97 Å². The van der Waals surface area contributed by atoms with Gasteiger partial charge in [-0.3, -0.25) is 9.59 Å². The van der Waals surface area contributed by atoms with Crippen molar-refractivity contribution in [1.82, 2.24) is 4.90 Å². The summed E-state index contributed by atoms with van der Waals surface area (Å²) in [5.74, 6) is -0.255. The largest absolute Gasteiger partial charge is 0.481 e. The summed E-state index contributed by atoms with van der Waals surface area (Å²) in [6.45, 7) is 7.01. The number of carbonyl (C=O) groups is 2. The first-order chi connectivity index (χ1) is 8.91. The van der Waals surface area contributed by atoms with Gasteiger partial charge < -0.3 is 10.0 Å². The van der Waals surface area contributed by atoms with Crippen LogP contribution in [0.4, 0.5) is 0 Å². The fraction of sp³-hybridized carbons (Fsp3) is 0.857.